The largest absolute Gasteiger partial charge is 0.452 e. The SMILES string of the molecule is CS(=O)(=O)NCC1CCCN(C(=O)c2ccoc2Cl)C1. The van der Waals surface area contributed by atoms with Crippen LogP contribution in [0.3, 0.4) is 0 Å². The third-order valence-electron chi connectivity index (χ3n) is 3.29. The van der Waals surface area contributed by atoms with Crippen LogP contribution >= 0.6 is 11.6 Å². The smallest absolute Gasteiger partial charge is 0.258 e. The maximum absolute atomic E-state index is 12.3. The lowest BCUT2D eigenvalue weighted by molar-refractivity contribution is 0.0676. The van der Waals surface area contributed by atoms with Gasteiger partial charge in [0.05, 0.1) is 18.1 Å². The second-order valence-electron chi connectivity index (χ2n) is 4.99. The Labute approximate surface area is 123 Å². The summed E-state index contributed by atoms with van der Waals surface area (Å²) < 4.78 is 29.6. The van der Waals surface area contributed by atoms with Crippen molar-refractivity contribution in [3.63, 3.8) is 0 Å². The summed E-state index contributed by atoms with van der Waals surface area (Å²) >= 11 is 5.81. The molecule has 1 saturated heterocycles. The molecule has 1 fully saturated rings. The van der Waals surface area contributed by atoms with Crippen molar-refractivity contribution in [1.29, 1.82) is 0 Å². The van der Waals surface area contributed by atoms with Crippen LogP contribution in [0, 0.1) is 5.92 Å². The lowest BCUT2D eigenvalue weighted by Crippen LogP contribution is -2.43. The molecule has 0 aromatic carbocycles. The molecule has 1 aromatic heterocycles. The summed E-state index contributed by atoms with van der Waals surface area (Å²) in [5.74, 6) is -0.0547. The van der Waals surface area contributed by atoms with Crippen molar-refractivity contribution < 1.29 is 17.6 Å². The summed E-state index contributed by atoms with van der Waals surface area (Å²) in [6.07, 6.45) is 4.24. The van der Waals surface area contributed by atoms with Crippen molar-refractivity contribution >= 4 is 27.5 Å². The molecule has 0 saturated carbocycles. The van der Waals surface area contributed by atoms with Crippen LogP contribution in [-0.2, 0) is 10.0 Å². The predicted octanol–water partition coefficient (Wildman–Crippen LogP) is 1.33. The molecule has 0 aliphatic carbocycles. The maximum Gasteiger partial charge on any atom is 0.258 e. The standard InChI is InChI=1S/C12H17ClN2O4S/c1-20(17,18)14-7-9-3-2-5-15(8-9)12(16)10-4-6-19-11(10)13/h4,6,9,14H,2-3,5,7-8H2,1H3. The van der Waals surface area contributed by atoms with Gasteiger partial charge in [-0.2, -0.15) is 0 Å². The summed E-state index contributed by atoms with van der Waals surface area (Å²) in [7, 11) is -3.20. The zero-order chi connectivity index (χ0) is 14.8. The molecule has 2 rings (SSSR count). The average molecular weight is 321 g/mol. The molecule has 2 heterocycles. The number of halogens is 1. The zero-order valence-corrected chi connectivity index (χ0v) is 12.7. The number of carbonyl (C=O) groups is 1. The Morgan fingerprint density at radius 3 is 2.95 bits per heavy atom. The number of carbonyl (C=O) groups excluding carboxylic acids is 1. The number of hydrogen-bond acceptors (Lipinski definition) is 4. The number of nitrogens with zero attached hydrogens (tertiary/aromatic N) is 1. The van der Waals surface area contributed by atoms with Gasteiger partial charge in [0.1, 0.15) is 0 Å². The zero-order valence-electron chi connectivity index (χ0n) is 11.1. The lowest BCUT2D eigenvalue weighted by atomic mass is 9.98. The van der Waals surface area contributed by atoms with E-state index in [1.165, 1.54) is 6.26 Å². The molecule has 6 nitrogen and oxygen atoms in total. The molecule has 1 aromatic rings. The highest BCUT2D eigenvalue weighted by Crippen LogP contribution is 2.22. The first kappa shape index (κ1) is 15.3. The van der Waals surface area contributed by atoms with E-state index >= 15 is 0 Å². The van der Waals surface area contributed by atoms with Gasteiger partial charge < -0.3 is 9.32 Å². The van der Waals surface area contributed by atoms with Crippen LogP contribution in [0.15, 0.2) is 16.7 Å². The van der Waals surface area contributed by atoms with Gasteiger partial charge in [-0.1, -0.05) is 0 Å². The van der Waals surface area contributed by atoms with E-state index in [1.54, 1.807) is 11.0 Å². The Bertz CT molecular complexity index is 584. The lowest BCUT2D eigenvalue weighted by Gasteiger charge is -2.32. The number of furan rings is 1. The Morgan fingerprint density at radius 1 is 1.60 bits per heavy atom. The van der Waals surface area contributed by atoms with E-state index in [9.17, 15) is 13.2 Å². The van der Waals surface area contributed by atoms with Crippen molar-refractivity contribution in [2.75, 3.05) is 25.9 Å². The van der Waals surface area contributed by atoms with E-state index < -0.39 is 10.0 Å². The molecule has 8 heteroatoms. The molecule has 1 N–H and O–H groups in total. The van der Waals surface area contributed by atoms with E-state index in [2.05, 4.69) is 4.72 Å². The van der Waals surface area contributed by atoms with Crippen molar-refractivity contribution in [2.45, 2.75) is 12.8 Å². The van der Waals surface area contributed by atoms with Gasteiger partial charge >= 0.3 is 0 Å². The highest BCUT2D eigenvalue weighted by atomic mass is 35.5. The van der Waals surface area contributed by atoms with Crippen LogP contribution in [0.1, 0.15) is 23.2 Å². The summed E-state index contributed by atoms with van der Waals surface area (Å²) in [4.78, 5) is 14.0. The van der Waals surface area contributed by atoms with Gasteiger partial charge in [-0.05, 0) is 36.4 Å². The van der Waals surface area contributed by atoms with E-state index in [1.807, 2.05) is 0 Å². The number of amides is 1. The fourth-order valence-corrected chi connectivity index (χ4v) is 3.04. The van der Waals surface area contributed by atoms with Crippen LogP contribution in [0.2, 0.25) is 5.22 Å². The van der Waals surface area contributed by atoms with E-state index in [0.717, 1.165) is 19.1 Å². The van der Waals surface area contributed by atoms with Crippen molar-refractivity contribution in [1.82, 2.24) is 9.62 Å². The van der Waals surface area contributed by atoms with Crippen molar-refractivity contribution in [3.05, 3.63) is 23.1 Å². The van der Waals surface area contributed by atoms with Gasteiger partial charge in [0.15, 0.2) is 0 Å². The normalized spacial score (nSPS) is 20.1. The molecule has 0 spiro atoms. The quantitative estimate of drug-likeness (QED) is 0.907. The van der Waals surface area contributed by atoms with Crippen LogP contribution in [0.5, 0.6) is 0 Å². The summed E-state index contributed by atoms with van der Waals surface area (Å²) in [5.41, 5.74) is 0.350. The first-order valence-corrected chi connectivity index (χ1v) is 8.60. The molecule has 1 amide bonds. The fraction of sp³-hybridized carbons (Fsp3) is 0.583. The van der Waals surface area contributed by atoms with Gasteiger partial charge in [0.25, 0.3) is 5.91 Å². The summed E-state index contributed by atoms with van der Waals surface area (Å²) in [6.45, 7) is 1.51. The van der Waals surface area contributed by atoms with Gasteiger partial charge in [-0.3, -0.25) is 4.79 Å². The third-order valence-corrected chi connectivity index (χ3v) is 4.27. The molecule has 1 unspecified atom stereocenters. The topological polar surface area (TPSA) is 79.6 Å². The van der Waals surface area contributed by atoms with Gasteiger partial charge in [-0.15, -0.1) is 0 Å². The number of likely N-dealkylation sites (tertiary alicyclic amines) is 1. The van der Waals surface area contributed by atoms with Gasteiger partial charge in [-0.25, -0.2) is 13.1 Å². The Hall–Kier alpha value is -1.05. The molecule has 1 atom stereocenters. The predicted molar refractivity (Wildman–Crippen MR) is 75.2 cm³/mol. The van der Waals surface area contributed by atoms with E-state index in [-0.39, 0.29) is 17.0 Å². The van der Waals surface area contributed by atoms with Crippen LogP contribution in [0.4, 0.5) is 0 Å². The number of sulfonamides is 1. The number of nitrogens with one attached hydrogen (secondary N) is 1. The van der Waals surface area contributed by atoms with Gasteiger partial charge in [0, 0.05) is 19.6 Å². The summed E-state index contributed by atoms with van der Waals surface area (Å²) in [5, 5.41) is 0.0892. The third kappa shape index (κ3) is 3.97. The maximum atomic E-state index is 12.3. The molecule has 1 aliphatic heterocycles. The Kier molecular flexibility index (Phi) is 4.72. The van der Waals surface area contributed by atoms with Crippen LogP contribution < -0.4 is 4.72 Å². The Morgan fingerprint density at radius 2 is 2.35 bits per heavy atom. The van der Waals surface area contributed by atoms with Gasteiger partial charge in [0.2, 0.25) is 15.2 Å². The van der Waals surface area contributed by atoms with E-state index in [4.69, 9.17) is 16.0 Å². The highest BCUT2D eigenvalue weighted by Gasteiger charge is 2.26. The number of rotatable bonds is 4. The highest BCUT2D eigenvalue weighted by molar-refractivity contribution is 7.88. The monoisotopic (exact) mass is 320 g/mol. The molecular formula is C12H17ClN2O4S. The fourth-order valence-electron chi connectivity index (χ4n) is 2.30. The Balaban J connectivity index is 1.97. The first-order valence-electron chi connectivity index (χ1n) is 6.34. The molecular weight excluding hydrogens is 304 g/mol. The molecule has 20 heavy (non-hydrogen) atoms. The van der Waals surface area contributed by atoms with Crippen LogP contribution in [-0.4, -0.2) is 45.1 Å². The average Bonchev–Trinajstić information content (AvgIpc) is 2.81. The first-order chi connectivity index (χ1) is 9.37. The van der Waals surface area contributed by atoms with E-state index in [0.29, 0.717) is 25.2 Å². The molecule has 112 valence electrons. The second kappa shape index (κ2) is 6.15. The minimum Gasteiger partial charge on any atom is -0.452 e. The summed E-state index contributed by atoms with van der Waals surface area (Å²) in [6, 6.07) is 1.54. The minimum absolute atomic E-state index is 0.0892. The second-order valence-corrected chi connectivity index (χ2v) is 7.16. The molecule has 0 bridgehead atoms. The minimum atomic E-state index is -3.20. The molecule has 1 aliphatic rings. The van der Waals surface area contributed by atoms with Crippen LogP contribution in [0.25, 0.3) is 0 Å². The molecule has 0 radical (unpaired) electrons. The van der Waals surface area contributed by atoms with Crippen molar-refractivity contribution in [2.24, 2.45) is 5.92 Å². The number of piperidine rings is 1. The van der Waals surface area contributed by atoms with Crippen molar-refractivity contribution in [3.8, 4) is 0 Å². The number of hydrogen-bond donors (Lipinski definition) is 1.